The number of primary amides is 1. The van der Waals surface area contributed by atoms with Crippen molar-refractivity contribution in [3.63, 3.8) is 0 Å². The van der Waals surface area contributed by atoms with Gasteiger partial charge < -0.3 is 15.8 Å². The van der Waals surface area contributed by atoms with Crippen LogP contribution in [0.15, 0.2) is 24.3 Å². The van der Waals surface area contributed by atoms with Gasteiger partial charge in [0.1, 0.15) is 0 Å². The Labute approximate surface area is 151 Å². The highest BCUT2D eigenvalue weighted by molar-refractivity contribution is 5.99. The lowest BCUT2D eigenvalue weighted by molar-refractivity contribution is -0.127. The van der Waals surface area contributed by atoms with E-state index in [1.54, 1.807) is 0 Å². The first kappa shape index (κ1) is 19.4. The number of benzene rings is 1. The zero-order valence-electron chi connectivity index (χ0n) is 14.6. The highest BCUT2D eigenvalue weighted by Crippen LogP contribution is 2.17. The van der Waals surface area contributed by atoms with Crippen molar-refractivity contribution >= 4 is 23.8 Å². The molecule has 8 nitrogen and oxygen atoms in total. The zero-order valence-corrected chi connectivity index (χ0v) is 14.6. The van der Waals surface area contributed by atoms with E-state index in [2.05, 4.69) is 10.6 Å². The second-order valence-electron chi connectivity index (χ2n) is 6.29. The van der Waals surface area contributed by atoms with Crippen LogP contribution in [0.25, 0.3) is 0 Å². The van der Waals surface area contributed by atoms with Crippen LogP contribution in [-0.2, 0) is 9.53 Å². The van der Waals surface area contributed by atoms with Crippen LogP contribution in [0, 0.1) is 0 Å². The first-order valence-electron chi connectivity index (χ1n) is 8.59. The van der Waals surface area contributed by atoms with Gasteiger partial charge in [0.2, 0.25) is 5.91 Å². The van der Waals surface area contributed by atoms with Crippen LogP contribution in [0.1, 0.15) is 59.7 Å². The smallest absolute Gasteiger partial charge is 0.338 e. The summed E-state index contributed by atoms with van der Waals surface area (Å²) in [4.78, 5) is 46.9. The predicted molar refractivity (Wildman–Crippen MR) is 93.4 cm³/mol. The lowest BCUT2D eigenvalue weighted by Crippen LogP contribution is -2.48. The molecule has 1 aromatic carbocycles. The van der Waals surface area contributed by atoms with E-state index in [1.165, 1.54) is 31.2 Å². The van der Waals surface area contributed by atoms with Crippen LogP contribution in [0.3, 0.4) is 0 Å². The number of amides is 4. The molecule has 1 unspecified atom stereocenters. The van der Waals surface area contributed by atoms with Crippen molar-refractivity contribution in [2.45, 2.75) is 51.2 Å². The number of rotatable bonds is 5. The van der Waals surface area contributed by atoms with Gasteiger partial charge in [-0.05, 0) is 44.0 Å². The maximum atomic E-state index is 12.0. The first-order valence-corrected chi connectivity index (χ1v) is 8.59. The van der Waals surface area contributed by atoms with Crippen molar-refractivity contribution in [2.75, 3.05) is 0 Å². The molecule has 1 atom stereocenters. The molecule has 8 heteroatoms. The maximum Gasteiger partial charge on any atom is 0.338 e. The van der Waals surface area contributed by atoms with E-state index < -0.39 is 29.9 Å². The van der Waals surface area contributed by atoms with Gasteiger partial charge in [0.15, 0.2) is 6.10 Å². The first-order chi connectivity index (χ1) is 12.4. The number of carbonyl (C=O) groups is 4. The van der Waals surface area contributed by atoms with Gasteiger partial charge in [-0.2, -0.15) is 0 Å². The number of carbonyl (C=O) groups excluding carboxylic acids is 4. The van der Waals surface area contributed by atoms with Gasteiger partial charge >= 0.3 is 12.0 Å². The van der Waals surface area contributed by atoms with Crippen LogP contribution in [0.2, 0.25) is 0 Å². The molecule has 0 saturated heterocycles. The molecule has 0 spiro atoms. The SMILES string of the molecule is CC(OC(=O)c1ccc(C(N)=O)cc1)C(=O)NC(=O)NC1CCCCC1. The molecule has 0 aromatic heterocycles. The van der Waals surface area contributed by atoms with Gasteiger partial charge in [-0.15, -0.1) is 0 Å². The van der Waals surface area contributed by atoms with Crippen molar-refractivity contribution in [3.8, 4) is 0 Å². The fourth-order valence-electron chi connectivity index (χ4n) is 2.73. The fourth-order valence-corrected chi connectivity index (χ4v) is 2.73. The van der Waals surface area contributed by atoms with Crippen LogP contribution >= 0.6 is 0 Å². The topological polar surface area (TPSA) is 128 Å². The van der Waals surface area contributed by atoms with Crippen LogP contribution in [0.4, 0.5) is 4.79 Å². The van der Waals surface area contributed by atoms with Gasteiger partial charge in [0, 0.05) is 11.6 Å². The summed E-state index contributed by atoms with van der Waals surface area (Å²) in [6.07, 6.45) is 3.92. The minimum atomic E-state index is -1.14. The van der Waals surface area contributed by atoms with Crippen molar-refractivity contribution < 1.29 is 23.9 Å². The third kappa shape index (κ3) is 5.58. The Balaban J connectivity index is 1.82. The van der Waals surface area contributed by atoms with Gasteiger partial charge in [0.05, 0.1) is 5.56 Å². The Hall–Kier alpha value is -2.90. The van der Waals surface area contributed by atoms with Gasteiger partial charge in [0.25, 0.3) is 5.91 Å². The third-order valence-corrected chi connectivity index (χ3v) is 4.24. The molecule has 0 bridgehead atoms. The summed E-state index contributed by atoms with van der Waals surface area (Å²) >= 11 is 0. The standard InChI is InChI=1S/C18H23N3O5/c1-11(16(23)21-18(25)20-14-5-3-2-4-6-14)26-17(24)13-9-7-12(8-10-13)15(19)22/h7-11,14H,2-6H2,1H3,(H2,19,22)(H2,20,21,23,25). The van der Waals surface area contributed by atoms with E-state index in [4.69, 9.17) is 10.5 Å². The van der Waals surface area contributed by atoms with Crippen LogP contribution in [-0.4, -0.2) is 36.0 Å². The Morgan fingerprint density at radius 1 is 1.04 bits per heavy atom. The number of imide groups is 1. The second kappa shape index (κ2) is 8.98. The number of esters is 1. The predicted octanol–water partition coefficient (Wildman–Crippen LogP) is 1.49. The van der Waals surface area contributed by atoms with E-state index in [1.807, 2.05) is 0 Å². The molecule has 4 amide bonds. The lowest BCUT2D eigenvalue weighted by atomic mass is 9.96. The molecule has 1 aromatic rings. The summed E-state index contributed by atoms with van der Waals surface area (Å²) < 4.78 is 5.04. The van der Waals surface area contributed by atoms with Crippen molar-refractivity contribution in [1.29, 1.82) is 0 Å². The Morgan fingerprint density at radius 2 is 1.62 bits per heavy atom. The monoisotopic (exact) mass is 361 g/mol. The summed E-state index contributed by atoms with van der Waals surface area (Å²) in [5, 5.41) is 4.93. The second-order valence-corrected chi connectivity index (χ2v) is 6.29. The normalized spacial score (nSPS) is 15.6. The molecular formula is C18H23N3O5. The average molecular weight is 361 g/mol. The van der Waals surface area contributed by atoms with Crippen molar-refractivity contribution in [1.82, 2.24) is 10.6 Å². The molecular weight excluding hydrogens is 338 g/mol. The summed E-state index contributed by atoms with van der Waals surface area (Å²) in [5.74, 6) is -2.06. The molecule has 1 saturated carbocycles. The van der Waals surface area contributed by atoms with Gasteiger partial charge in [-0.25, -0.2) is 9.59 Å². The highest BCUT2D eigenvalue weighted by Gasteiger charge is 2.22. The van der Waals surface area contributed by atoms with E-state index in [-0.39, 0.29) is 17.2 Å². The van der Waals surface area contributed by atoms with Gasteiger partial charge in [-0.1, -0.05) is 19.3 Å². The molecule has 4 N–H and O–H groups in total. The Bertz CT molecular complexity index is 681. The molecule has 0 radical (unpaired) electrons. The Kier molecular flexibility index (Phi) is 6.71. The van der Waals surface area contributed by atoms with Crippen LogP contribution < -0.4 is 16.4 Å². The summed E-state index contributed by atoms with van der Waals surface area (Å²) in [6.45, 7) is 1.37. The minimum Gasteiger partial charge on any atom is -0.449 e. The molecule has 1 fully saturated rings. The number of ether oxygens (including phenoxy) is 1. The largest absolute Gasteiger partial charge is 0.449 e. The molecule has 2 rings (SSSR count). The highest BCUT2D eigenvalue weighted by atomic mass is 16.5. The third-order valence-electron chi connectivity index (χ3n) is 4.24. The molecule has 140 valence electrons. The zero-order chi connectivity index (χ0) is 19.1. The van der Waals surface area contributed by atoms with E-state index >= 15 is 0 Å². The minimum absolute atomic E-state index is 0.0678. The van der Waals surface area contributed by atoms with Crippen molar-refractivity contribution in [3.05, 3.63) is 35.4 Å². The molecule has 1 aliphatic rings. The summed E-state index contributed by atoms with van der Waals surface area (Å²) in [7, 11) is 0. The number of nitrogens with two attached hydrogens (primary N) is 1. The van der Waals surface area contributed by atoms with E-state index in [0.717, 1.165) is 32.1 Å². The van der Waals surface area contributed by atoms with Crippen molar-refractivity contribution in [2.24, 2.45) is 5.73 Å². The lowest BCUT2D eigenvalue weighted by Gasteiger charge is -2.23. The van der Waals surface area contributed by atoms with Crippen LogP contribution in [0.5, 0.6) is 0 Å². The number of hydrogen-bond donors (Lipinski definition) is 3. The van der Waals surface area contributed by atoms with Gasteiger partial charge in [-0.3, -0.25) is 14.9 Å². The maximum absolute atomic E-state index is 12.0. The number of urea groups is 1. The summed E-state index contributed by atoms with van der Waals surface area (Å²) in [5.41, 5.74) is 5.55. The number of hydrogen-bond acceptors (Lipinski definition) is 5. The quantitative estimate of drug-likeness (QED) is 0.685. The average Bonchev–Trinajstić information content (AvgIpc) is 2.62. The van der Waals surface area contributed by atoms with E-state index in [0.29, 0.717) is 0 Å². The number of nitrogens with one attached hydrogen (secondary N) is 2. The summed E-state index contributed by atoms with van der Waals surface area (Å²) in [6, 6.07) is 5.02. The van der Waals surface area contributed by atoms with E-state index in [9.17, 15) is 19.2 Å². The molecule has 26 heavy (non-hydrogen) atoms. The Morgan fingerprint density at radius 3 is 2.19 bits per heavy atom. The fraction of sp³-hybridized carbons (Fsp3) is 0.444. The molecule has 0 heterocycles. The molecule has 1 aliphatic carbocycles. The molecule has 0 aliphatic heterocycles.